The number of hydrogen-bond donors (Lipinski definition) is 2. The Hall–Kier alpha value is -4.01. The number of imidazole rings is 1. The molecule has 1 aliphatic heterocycles. The van der Waals surface area contributed by atoms with Crippen LogP contribution in [0.2, 0.25) is 0 Å². The van der Waals surface area contributed by atoms with Crippen LogP contribution in [0.4, 0.5) is 0 Å². The van der Waals surface area contributed by atoms with Gasteiger partial charge in [0.05, 0.1) is 11.3 Å². The van der Waals surface area contributed by atoms with Gasteiger partial charge >= 0.3 is 5.69 Å². The van der Waals surface area contributed by atoms with Crippen LogP contribution in [-0.2, 0) is 0 Å². The molecule has 0 radical (unpaired) electrons. The molecule has 1 aliphatic carbocycles. The van der Waals surface area contributed by atoms with Gasteiger partial charge in [0.15, 0.2) is 5.65 Å². The van der Waals surface area contributed by atoms with Crippen LogP contribution in [0.3, 0.4) is 0 Å². The number of carbonyl (C=O) groups is 1. The van der Waals surface area contributed by atoms with Crippen molar-refractivity contribution in [2.24, 2.45) is 0 Å². The van der Waals surface area contributed by atoms with E-state index in [1.807, 2.05) is 35.2 Å². The summed E-state index contributed by atoms with van der Waals surface area (Å²) in [6, 6.07) is 9.78. The Labute approximate surface area is 181 Å². The lowest BCUT2D eigenvalue weighted by atomic mass is 10.0. The zero-order valence-electron chi connectivity index (χ0n) is 17.1. The van der Waals surface area contributed by atoms with E-state index in [0.717, 1.165) is 42.7 Å². The van der Waals surface area contributed by atoms with Crippen molar-refractivity contribution in [2.75, 3.05) is 13.1 Å². The summed E-state index contributed by atoms with van der Waals surface area (Å²) in [6.07, 6.45) is 6.84. The Bertz CT molecular complexity index is 1460. The molecule has 160 valence electrons. The van der Waals surface area contributed by atoms with Gasteiger partial charge in [-0.2, -0.15) is 5.10 Å². The molecule has 2 N–H and O–H groups in total. The number of fused-ring (bicyclic) bond motifs is 1. The van der Waals surface area contributed by atoms with Gasteiger partial charge in [0.25, 0.3) is 11.5 Å². The highest BCUT2D eigenvalue weighted by Crippen LogP contribution is 2.55. The van der Waals surface area contributed by atoms with E-state index in [-0.39, 0.29) is 11.8 Å². The lowest BCUT2D eigenvalue weighted by Gasteiger charge is -2.30. The third-order valence-electron chi connectivity index (χ3n) is 6.40. The van der Waals surface area contributed by atoms with Crippen molar-refractivity contribution in [2.45, 2.75) is 24.7 Å². The average molecular weight is 428 g/mol. The summed E-state index contributed by atoms with van der Waals surface area (Å²) >= 11 is 0. The first-order valence-electron chi connectivity index (χ1n) is 10.6. The van der Waals surface area contributed by atoms with Crippen molar-refractivity contribution in [1.82, 2.24) is 29.5 Å². The predicted octanol–water partition coefficient (Wildman–Crippen LogP) is 1.89. The van der Waals surface area contributed by atoms with Gasteiger partial charge in [-0.1, -0.05) is 12.1 Å². The Morgan fingerprint density at radius 2 is 1.91 bits per heavy atom. The molecule has 1 aromatic carbocycles. The van der Waals surface area contributed by atoms with Gasteiger partial charge in [-0.05, 0) is 48.4 Å². The molecule has 1 unspecified atom stereocenters. The summed E-state index contributed by atoms with van der Waals surface area (Å²) in [4.78, 5) is 47.1. The van der Waals surface area contributed by atoms with Crippen molar-refractivity contribution in [3.8, 4) is 11.3 Å². The van der Waals surface area contributed by atoms with Crippen LogP contribution >= 0.6 is 0 Å². The summed E-state index contributed by atoms with van der Waals surface area (Å²) in [5.74, 6) is 0.646. The SMILES string of the molecule is O=C(c1ccc(C2C[C@@H]2c2cc(-c3c[nH]c(=O)[nH]c3=O)nn3ccnc23)cc1)N1CCC1. The number of nitrogens with one attached hydrogen (secondary N) is 2. The molecule has 32 heavy (non-hydrogen) atoms. The van der Waals surface area contributed by atoms with Crippen LogP contribution in [0.15, 0.2) is 58.5 Å². The Morgan fingerprint density at radius 3 is 2.62 bits per heavy atom. The molecule has 2 fully saturated rings. The minimum absolute atomic E-state index is 0.0964. The number of nitrogens with zero attached hydrogens (tertiary/aromatic N) is 4. The topological polar surface area (TPSA) is 116 Å². The average Bonchev–Trinajstić information content (AvgIpc) is 3.40. The van der Waals surface area contributed by atoms with Gasteiger partial charge in [0, 0.05) is 42.8 Å². The van der Waals surface area contributed by atoms with Crippen molar-refractivity contribution >= 4 is 11.6 Å². The number of likely N-dealkylation sites (tertiary alicyclic amines) is 1. The van der Waals surface area contributed by atoms with E-state index in [1.54, 1.807) is 16.9 Å². The number of carbonyl (C=O) groups excluding carboxylic acids is 1. The minimum Gasteiger partial charge on any atom is -0.339 e. The number of amides is 1. The van der Waals surface area contributed by atoms with Crippen LogP contribution in [0.25, 0.3) is 16.9 Å². The second-order valence-corrected chi connectivity index (χ2v) is 8.38. The molecule has 4 aromatic rings. The van der Waals surface area contributed by atoms with E-state index in [2.05, 4.69) is 20.1 Å². The van der Waals surface area contributed by atoms with E-state index < -0.39 is 11.2 Å². The maximum absolute atomic E-state index is 12.4. The second-order valence-electron chi connectivity index (χ2n) is 8.38. The molecule has 1 amide bonds. The van der Waals surface area contributed by atoms with Crippen LogP contribution in [0.5, 0.6) is 0 Å². The van der Waals surface area contributed by atoms with Crippen molar-refractivity contribution in [3.63, 3.8) is 0 Å². The number of H-pyrrole nitrogens is 2. The fourth-order valence-electron chi connectivity index (χ4n) is 4.43. The Balaban J connectivity index is 1.32. The molecule has 0 bridgehead atoms. The van der Waals surface area contributed by atoms with E-state index in [1.165, 1.54) is 11.8 Å². The van der Waals surface area contributed by atoms with Crippen LogP contribution in [-0.4, -0.2) is 48.5 Å². The predicted molar refractivity (Wildman–Crippen MR) is 117 cm³/mol. The monoisotopic (exact) mass is 428 g/mol. The highest BCUT2D eigenvalue weighted by molar-refractivity contribution is 5.94. The zero-order valence-corrected chi connectivity index (χ0v) is 17.1. The molecule has 9 heteroatoms. The Morgan fingerprint density at radius 1 is 1.09 bits per heavy atom. The van der Waals surface area contributed by atoms with E-state index >= 15 is 0 Å². The smallest absolute Gasteiger partial charge is 0.325 e. The lowest BCUT2D eigenvalue weighted by Crippen LogP contribution is -2.41. The summed E-state index contributed by atoms with van der Waals surface area (Å²) in [6.45, 7) is 1.68. The second kappa shape index (κ2) is 7.01. The molecule has 1 saturated carbocycles. The van der Waals surface area contributed by atoms with Crippen molar-refractivity contribution in [1.29, 1.82) is 0 Å². The minimum atomic E-state index is -0.555. The summed E-state index contributed by atoms with van der Waals surface area (Å²) in [5, 5.41) is 4.50. The van der Waals surface area contributed by atoms with E-state index in [0.29, 0.717) is 17.2 Å². The third-order valence-corrected chi connectivity index (χ3v) is 6.40. The molecule has 1 saturated heterocycles. The number of rotatable bonds is 4. The molecule has 3 aromatic heterocycles. The zero-order chi connectivity index (χ0) is 21.8. The molecule has 2 aliphatic rings. The fourth-order valence-corrected chi connectivity index (χ4v) is 4.43. The summed E-state index contributed by atoms with van der Waals surface area (Å²) in [5.41, 5.74) is 3.41. The van der Waals surface area contributed by atoms with E-state index in [9.17, 15) is 14.4 Å². The van der Waals surface area contributed by atoms with Gasteiger partial charge in [-0.3, -0.25) is 14.6 Å². The van der Waals surface area contributed by atoms with Gasteiger partial charge in [0.2, 0.25) is 0 Å². The first kappa shape index (κ1) is 18.7. The van der Waals surface area contributed by atoms with Gasteiger partial charge in [-0.25, -0.2) is 14.3 Å². The van der Waals surface area contributed by atoms with Crippen molar-refractivity contribution in [3.05, 3.63) is 86.5 Å². The molecule has 6 rings (SSSR count). The quantitative estimate of drug-likeness (QED) is 0.515. The Kier molecular flexibility index (Phi) is 4.11. The molecule has 0 spiro atoms. The van der Waals surface area contributed by atoms with Crippen molar-refractivity contribution < 1.29 is 4.79 Å². The molecular weight excluding hydrogens is 408 g/mol. The maximum atomic E-state index is 12.4. The number of benzene rings is 1. The number of aromatic amines is 2. The molecular formula is C23H20N6O3. The van der Waals surface area contributed by atoms with Crippen LogP contribution < -0.4 is 11.2 Å². The fraction of sp³-hybridized carbons (Fsp3) is 0.261. The maximum Gasteiger partial charge on any atom is 0.325 e. The summed E-state index contributed by atoms with van der Waals surface area (Å²) < 4.78 is 1.67. The lowest BCUT2D eigenvalue weighted by molar-refractivity contribution is 0.0652. The first-order valence-corrected chi connectivity index (χ1v) is 10.6. The molecule has 4 heterocycles. The largest absolute Gasteiger partial charge is 0.339 e. The standard InChI is InChI=1S/C23H20N6O3/c30-21-18(12-25-23(32)26-21)19-11-17(20-24-6-9-29(20)27-19)16-10-15(16)13-2-4-14(5-3-13)22(31)28-7-1-8-28/h2-6,9,11-12,15-16H,1,7-8,10H2,(H2,25,26,30,32)/t15?,16-/m0/s1. The van der Waals surface area contributed by atoms with Gasteiger partial charge < -0.3 is 9.88 Å². The normalized spacial score (nSPS) is 19.7. The molecule has 9 nitrogen and oxygen atoms in total. The van der Waals surface area contributed by atoms with E-state index in [4.69, 9.17) is 0 Å². The highest BCUT2D eigenvalue weighted by Gasteiger charge is 2.41. The summed E-state index contributed by atoms with van der Waals surface area (Å²) in [7, 11) is 0. The first-order chi connectivity index (χ1) is 15.6. The highest BCUT2D eigenvalue weighted by atomic mass is 16.2. The van der Waals surface area contributed by atoms with Crippen LogP contribution in [0.1, 0.15) is 46.2 Å². The van der Waals surface area contributed by atoms with Gasteiger partial charge in [0.1, 0.15) is 0 Å². The van der Waals surface area contributed by atoms with Gasteiger partial charge in [-0.15, -0.1) is 0 Å². The van der Waals surface area contributed by atoms with Crippen LogP contribution in [0, 0.1) is 0 Å². The molecule has 2 atom stereocenters. The number of hydrogen-bond acceptors (Lipinski definition) is 5. The number of aromatic nitrogens is 5. The third kappa shape index (κ3) is 3.05.